The highest BCUT2D eigenvalue weighted by Gasteiger charge is 2.18. The average molecular weight is 156 g/mol. The summed E-state index contributed by atoms with van der Waals surface area (Å²) in [5.41, 5.74) is 8.57. The molecule has 0 atom stereocenters. The van der Waals surface area contributed by atoms with E-state index in [4.69, 9.17) is 5.73 Å². The summed E-state index contributed by atoms with van der Waals surface area (Å²) in [7, 11) is 0. The lowest BCUT2D eigenvalue weighted by Gasteiger charge is -2.15. The molecule has 2 nitrogen and oxygen atoms in total. The first-order valence-corrected chi connectivity index (χ1v) is 4.09. The SMILES string of the molecule is CC(C)(C)c1ncsc1N. The molecule has 0 saturated heterocycles. The number of hydrogen-bond acceptors (Lipinski definition) is 3. The number of anilines is 1. The van der Waals surface area contributed by atoms with Gasteiger partial charge in [0.05, 0.1) is 11.2 Å². The summed E-state index contributed by atoms with van der Waals surface area (Å²) in [6.45, 7) is 6.33. The third-order valence-corrected chi connectivity index (χ3v) is 1.96. The standard InChI is InChI=1S/C7H12N2S/c1-7(2,3)5-6(8)10-4-9-5/h4H,8H2,1-3H3. The Kier molecular flexibility index (Phi) is 1.68. The van der Waals surface area contributed by atoms with Crippen LogP contribution in [0.3, 0.4) is 0 Å². The molecule has 0 bridgehead atoms. The monoisotopic (exact) mass is 156 g/mol. The van der Waals surface area contributed by atoms with Gasteiger partial charge in [0.2, 0.25) is 0 Å². The summed E-state index contributed by atoms with van der Waals surface area (Å²) in [6, 6.07) is 0. The molecule has 0 aliphatic rings. The lowest BCUT2D eigenvalue weighted by atomic mass is 9.93. The number of nitrogen functional groups attached to an aromatic ring is 1. The van der Waals surface area contributed by atoms with Crippen molar-refractivity contribution in [2.45, 2.75) is 26.2 Å². The van der Waals surface area contributed by atoms with E-state index in [2.05, 4.69) is 25.8 Å². The molecule has 0 fully saturated rings. The molecule has 0 unspecified atom stereocenters. The van der Waals surface area contributed by atoms with E-state index < -0.39 is 0 Å². The molecular weight excluding hydrogens is 144 g/mol. The van der Waals surface area contributed by atoms with Gasteiger partial charge in [0.15, 0.2) is 0 Å². The van der Waals surface area contributed by atoms with Gasteiger partial charge in [-0.2, -0.15) is 0 Å². The van der Waals surface area contributed by atoms with E-state index in [0.29, 0.717) is 0 Å². The smallest absolute Gasteiger partial charge is 0.110 e. The van der Waals surface area contributed by atoms with Crippen molar-refractivity contribution in [3.63, 3.8) is 0 Å². The third-order valence-electron chi connectivity index (χ3n) is 1.31. The maximum absolute atomic E-state index is 5.68. The summed E-state index contributed by atoms with van der Waals surface area (Å²) in [4.78, 5) is 4.18. The lowest BCUT2D eigenvalue weighted by Crippen LogP contribution is -2.13. The van der Waals surface area contributed by atoms with E-state index in [-0.39, 0.29) is 5.41 Å². The number of aromatic nitrogens is 1. The Bertz CT molecular complexity index is 222. The zero-order valence-electron chi connectivity index (χ0n) is 6.51. The van der Waals surface area contributed by atoms with Crippen LogP contribution in [0, 0.1) is 0 Å². The maximum atomic E-state index is 5.68. The Morgan fingerprint density at radius 1 is 1.50 bits per heavy atom. The van der Waals surface area contributed by atoms with E-state index in [1.807, 2.05) is 0 Å². The minimum Gasteiger partial charge on any atom is -0.389 e. The predicted molar refractivity (Wildman–Crippen MR) is 45.2 cm³/mol. The molecule has 56 valence electrons. The molecule has 1 aromatic rings. The first-order chi connectivity index (χ1) is 4.52. The highest BCUT2D eigenvalue weighted by atomic mass is 32.1. The Balaban J connectivity index is 3.05. The van der Waals surface area contributed by atoms with E-state index in [9.17, 15) is 0 Å². The predicted octanol–water partition coefficient (Wildman–Crippen LogP) is 2.02. The Hall–Kier alpha value is -0.570. The Morgan fingerprint density at radius 2 is 2.10 bits per heavy atom. The van der Waals surface area contributed by atoms with Crippen LogP contribution in [0.2, 0.25) is 0 Å². The van der Waals surface area contributed by atoms with Gasteiger partial charge < -0.3 is 5.73 Å². The van der Waals surface area contributed by atoms with Crippen LogP contribution in [0.4, 0.5) is 5.00 Å². The first kappa shape index (κ1) is 7.54. The van der Waals surface area contributed by atoms with Crippen molar-refractivity contribution in [3.8, 4) is 0 Å². The first-order valence-electron chi connectivity index (χ1n) is 3.21. The van der Waals surface area contributed by atoms with Crippen LogP contribution in [0.25, 0.3) is 0 Å². The van der Waals surface area contributed by atoms with Crippen molar-refractivity contribution < 1.29 is 0 Å². The summed E-state index contributed by atoms with van der Waals surface area (Å²) >= 11 is 1.50. The van der Waals surface area contributed by atoms with Gasteiger partial charge in [-0.1, -0.05) is 20.8 Å². The highest BCUT2D eigenvalue weighted by Crippen LogP contribution is 2.28. The number of thiazole rings is 1. The van der Waals surface area contributed by atoms with Gasteiger partial charge >= 0.3 is 0 Å². The van der Waals surface area contributed by atoms with E-state index in [1.54, 1.807) is 5.51 Å². The number of rotatable bonds is 0. The fourth-order valence-corrected chi connectivity index (χ4v) is 1.56. The van der Waals surface area contributed by atoms with E-state index in [1.165, 1.54) is 11.3 Å². The zero-order chi connectivity index (χ0) is 7.78. The zero-order valence-corrected chi connectivity index (χ0v) is 7.33. The van der Waals surface area contributed by atoms with Gasteiger partial charge in [0.25, 0.3) is 0 Å². The maximum Gasteiger partial charge on any atom is 0.110 e. The molecular formula is C7H12N2S. The molecule has 1 aromatic heterocycles. The van der Waals surface area contributed by atoms with Gasteiger partial charge in [0, 0.05) is 5.41 Å². The van der Waals surface area contributed by atoms with Crippen LogP contribution in [-0.2, 0) is 5.41 Å². The van der Waals surface area contributed by atoms with Gasteiger partial charge in [0.1, 0.15) is 5.00 Å². The molecule has 1 heterocycles. The van der Waals surface area contributed by atoms with Gasteiger partial charge in [-0.3, -0.25) is 0 Å². The molecule has 0 aliphatic heterocycles. The van der Waals surface area contributed by atoms with Crippen LogP contribution < -0.4 is 5.73 Å². The van der Waals surface area contributed by atoms with Crippen LogP contribution >= 0.6 is 11.3 Å². The molecule has 2 N–H and O–H groups in total. The fourth-order valence-electron chi connectivity index (χ4n) is 0.819. The summed E-state index contributed by atoms with van der Waals surface area (Å²) < 4.78 is 0. The average Bonchev–Trinajstić information content (AvgIpc) is 2.11. The molecule has 0 spiro atoms. The van der Waals surface area contributed by atoms with Gasteiger partial charge in [-0.05, 0) is 0 Å². The number of nitrogens with two attached hydrogens (primary N) is 1. The molecule has 10 heavy (non-hydrogen) atoms. The summed E-state index contributed by atoms with van der Waals surface area (Å²) in [6.07, 6.45) is 0. The molecule has 0 aliphatic carbocycles. The number of hydrogen-bond donors (Lipinski definition) is 1. The summed E-state index contributed by atoms with van der Waals surface area (Å²) in [5, 5.41) is 0.840. The fraction of sp³-hybridized carbons (Fsp3) is 0.571. The normalized spacial score (nSPS) is 11.9. The molecule has 3 heteroatoms. The van der Waals surface area contributed by atoms with Crippen molar-refractivity contribution in [3.05, 3.63) is 11.2 Å². The minimum absolute atomic E-state index is 0.0874. The Labute approximate surface area is 65.1 Å². The summed E-state index contributed by atoms with van der Waals surface area (Å²) in [5.74, 6) is 0. The number of nitrogens with zero attached hydrogens (tertiary/aromatic N) is 1. The van der Waals surface area contributed by atoms with Crippen LogP contribution in [0.1, 0.15) is 26.5 Å². The highest BCUT2D eigenvalue weighted by molar-refractivity contribution is 7.13. The van der Waals surface area contributed by atoms with Crippen LogP contribution in [-0.4, -0.2) is 4.98 Å². The second kappa shape index (κ2) is 2.23. The van der Waals surface area contributed by atoms with Crippen molar-refractivity contribution in [1.82, 2.24) is 4.98 Å². The topological polar surface area (TPSA) is 38.9 Å². The van der Waals surface area contributed by atoms with Gasteiger partial charge in [-0.15, -0.1) is 11.3 Å². The van der Waals surface area contributed by atoms with Gasteiger partial charge in [-0.25, -0.2) is 4.98 Å². The molecule has 0 radical (unpaired) electrons. The second-order valence-corrected chi connectivity index (χ2v) is 4.20. The second-order valence-electron chi connectivity index (χ2n) is 3.32. The quantitative estimate of drug-likeness (QED) is 0.624. The third kappa shape index (κ3) is 1.29. The van der Waals surface area contributed by atoms with Crippen molar-refractivity contribution in [1.29, 1.82) is 0 Å². The van der Waals surface area contributed by atoms with E-state index >= 15 is 0 Å². The van der Waals surface area contributed by atoms with E-state index in [0.717, 1.165) is 10.7 Å². The molecule has 0 amide bonds. The van der Waals surface area contributed by atoms with Crippen LogP contribution in [0.15, 0.2) is 5.51 Å². The minimum atomic E-state index is 0.0874. The lowest BCUT2D eigenvalue weighted by molar-refractivity contribution is 0.575. The van der Waals surface area contributed by atoms with Crippen molar-refractivity contribution in [2.75, 3.05) is 5.73 Å². The molecule has 0 aromatic carbocycles. The Morgan fingerprint density at radius 3 is 2.30 bits per heavy atom. The molecule has 0 saturated carbocycles. The van der Waals surface area contributed by atoms with Crippen LogP contribution in [0.5, 0.6) is 0 Å². The molecule has 1 rings (SSSR count). The largest absolute Gasteiger partial charge is 0.389 e. The van der Waals surface area contributed by atoms with Crippen molar-refractivity contribution in [2.24, 2.45) is 0 Å². The van der Waals surface area contributed by atoms with Crippen molar-refractivity contribution >= 4 is 16.3 Å².